The highest BCUT2D eigenvalue weighted by molar-refractivity contribution is 5.89. The molecule has 0 amide bonds. The molecule has 2 aliphatic heterocycles. The largest absolute Gasteiger partial charge is 0.447 e. The van der Waals surface area contributed by atoms with Crippen LogP contribution in [0.5, 0.6) is 0 Å². The maximum atomic E-state index is 10.6. The minimum Gasteiger partial charge on any atom is -0.447 e. The van der Waals surface area contributed by atoms with Crippen molar-refractivity contribution >= 4 is 11.6 Å². The zero-order valence-corrected chi connectivity index (χ0v) is 19.2. The molecule has 5 atom stereocenters. The molecular weight excluding hydrogens is 426 g/mol. The Morgan fingerprint density at radius 1 is 0.941 bits per heavy atom. The number of hydrogen-bond acceptors (Lipinski definition) is 7. The summed E-state index contributed by atoms with van der Waals surface area (Å²) in [5.41, 5.74) is -0.943. The Labute approximate surface area is 199 Å². The number of anilines is 1. The highest BCUT2D eigenvalue weighted by Gasteiger charge is 2.81. The van der Waals surface area contributed by atoms with Gasteiger partial charge in [0.05, 0.1) is 24.1 Å². The van der Waals surface area contributed by atoms with E-state index in [-0.39, 0.29) is 11.8 Å². The summed E-state index contributed by atoms with van der Waals surface area (Å²) in [7, 11) is 3.85. The molecule has 1 N–H and O–H groups in total. The molecule has 7 heteroatoms. The van der Waals surface area contributed by atoms with Crippen molar-refractivity contribution in [3.05, 3.63) is 65.7 Å². The maximum Gasteiger partial charge on any atom is 0.217 e. The number of benzene rings is 2. The van der Waals surface area contributed by atoms with Crippen LogP contribution in [-0.2, 0) is 9.47 Å². The first-order valence-corrected chi connectivity index (χ1v) is 11.4. The molecular formula is C27H25N5O2. The average molecular weight is 452 g/mol. The molecule has 2 heterocycles. The standard InChI is InChI=1S/C27H25N5O2/c1-32(2)21-10-8-19(9-11-21)23-25(15-28,16-29)26(17-30)22-14-20(18-6-4-3-5-7-18)12-13-27(22,33-23)34-24(26)31/h3-11,20,22-23,31H,12-14H2,1-2H3. The van der Waals surface area contributed by atoms with Crippen LogP contribution in [-0.4, -0.2) is 25.8 Å². The van der Waals surface area contributed by atoms with Crippen LogP contribution < -0.4 is 4.90 Å². The van der Waals surface area contributed by atoms with Crippen LogP contribution in [0.15, 0.2) is 54.6 Å². The summed E-state index contributed by atoms with van der Waals surface area (Å²) in [6, 6.07) is 24.0. The molecule has 170 valence electrons. The zero-order chi connectivity index (χ0) is 24.1. The topological polar surface area (TPSA) is 117 Å². The molecule has 3 aliphatic rings. The molecule has 0 radical (unpaired) electrons. The lowest BCUT2D eigenvalue weighted by atomic mass is 9.50. The van der Waals surface area contributed by atoms with Crippen molar-refractivity contribution in [3.63, 3.8) is 0 Å². The van der Waals surface area contributed by atoms with Gasteiger partial charge >= 0.3 is 0 Å². The number of nitrogens with zero attached hydrogens (tertiary/aromatic N) is 4. The lowest BCUT2D eigenvalue weighted by molar-refractivity contribution is -0.296. The van der Waals surface area contributed by atoms with Gasteiger partial charge in [0.25, 0.3) is 0 Å². The predicted octanol–water partition coefficient (Wildman–Crippen LogP) is 4.66. The summed E-state index contributed by atoms with van der Waals surface area (Å²) >= 11 is 0. The van der Waals surface area contributed by atoms with Crippen LogP contribution in [0.4, 0.5) is 5.69 Å². The molecule has 1 aliphatic carbocycles. The van der Waals surface area contributed by atoms with Gasteiger partial charge in [-0.3, -0.25) is 5.41 Å². The third kappa shape index (κ3) is 2.67. The molecule has 34 heavy (non-hydrogen) atoms. The van der Waals surface area contributed by atoms with Gasteiger partial charge in [-0.15, -0.1) is 0 Å². The summed E-state index contributed by atoms with van der Waals surface area (Å²) in [4.78, 5) is 1.95. The molecule has 0 spiro atoms. The first kappa shape index (κ1) is 22.0. The summed E-state index contributed by atoms with van der Waals surface area (Å²) < 4.78 is 12.6. The monoisotopic (exact) mass is 451 g/mol. The number of nitriles is 3. The van der Waals surface area contributed by atoms with Crippen LogP contribution >= 0.6 is 0 Å². The van der Waals surface area contributed by atoms with Crippen LogP contribution in [0.1, 0.15) is 42.4 Å². The van der Waals surface area contributed by atoms with Gasteiger partial charge in [0.2, 0.25) is 17.1 Å². The molecule has 2 saturated heterocycles. The molecule has 5 rings (SSSR count). The smallest absolute Gasteiger partial charge is 0.217 e. The van der Waals surface area contributed by atoms with E-state index in [0.717, 1.165) is 17.7 Å². The molecule has 2 aromatic rings. The third-order valence-electron chi connectivity index (χ3n) is 7.89. The normalized spacial score (nSPS) is 32.9. The summed E-state index contributed by atoms with van der Waals surface area (Å²) in [5.74, 6) is -2.02. The highest BCUT2D eigenvalue weighted by Crippen LogP contribution is 2.70. The van der Waals surface area contributed by atoms with Gasteiger partial charge in [0.15, 0.2) is 5.41 Å². The van der Waals surface area contributed by atoms with E-state index < -0.39 is 28.6 Å². The molecule has 7 nitrogen and oxygen atoms in total. The maximum absolute atomic E-state index is 10.6. The van der Waals surface area contributed by atoms with Gasteiger partial charge in [0, 0.05) is 26.2 Å². The van der Waals surface area contributed by atoms with E-state index in [1.807, 2.05) is 61.5 Å². The number of nitrogens with one attached hydrogen (secondary N) is 1. The van der Waals surface area contributed by atoms with E-state index in [0.29, 0.717) is 18.4 Å². The second-order valence-electron chi connectivity index (χ2n) is 9.61. The van der Waals surface area contributed by atoms with Crippen LogP contribution in [0.3, 0.4) is 0 Å². The van der Waals surface area contributed by atoms with Crippen LogP contribution in [0.2, 0.25) is 0 Å². The highest BCUT2D eigenvalue weighted by atomic mass is 16.7. The van der Waals surface area contributed by atoms with Gasteiger partial charge in [-0.1, -0.05) is 42.5 Å². The molecule has 5 unspecified atom stereocenters. The Kier molecular flexibility index (Phi) is 4.90. The van der Waals surface area contributed by atoms with Crippen molar-refractivity contribution in [1.82, 2.24) is 0 Å². The Balaban J connectivity index is 1.65. The van der Waals surface area contributed by atoms with Gasteiger partial charge in [-0.2, -0.15) is 15.8 Å². The van der Waals surface area contributed by atoms with Crippen LogP contribution in [0.25, 0.3) is 0 Å². The molecule has 2 bridgehead atoms. The van der Waals surface area contributed by atoms with Crippen molar-refractivity contribution in [2.75, 3.05) is 19.0 Å². The van der Waals surface area contributed by atoms with E-state index in [1.165, 1.54) is 0 Å². The third-order valence-corrected chi connectivity index (χ3v) is 7.89. The fourth-order valence-electron chi connectivity index (χ4n) is 6.11. The molecule has 3 fully saturated rings. The minimum atomic E-state index is -1.93. The Hall–Kier alpha value is -3.86. The zero-order valence-electron chi connectivity index (χ0n) is 19.2. The Morgan fingerprint density at radius 3 is 2.21 bits per heavy atom. The van der Waals surface area contributed by atoms with Crippen molar-refractivity contribution in [2.24, 2.45) is 16.7 Å². The average Bonchev–Trinajstić information content (AvgIpc) is 3.07. The first-order valence-electron chi connectivity index (χ1n) is 11.4. The molecule has 1 saturated carbocycles. The van der Waals surface area contributed by atoms with Gasteiger partial charge in [0.1, 0.15) is 6.10 Å². The van der Waals surface area contributed by atoms with E-state index in [2.05, 4.69) is 30.3 Å². The second-order valence-corrected chi connectivity index (χ2v) is 9.61. The van der Waals surface area contributed by atoms with Crippen LogP contribution in [0, 0.1) is 56.2 Å². The molecule has 2 aromatic carbocycles. The van der Waals surface area contributed by atoms with Gasteiger partial charge in [-0.05, 0) is 42.0 Å². The number of hydrogen-bond donors (Lipinski definition) is 1. The minimum absolute atomic E-state index is 0.121. The Bertz CT molecular complexity index is 1240. The van der Waals surface area contributed by atoms with E-state index in [9.17, 15) is 15.8 Å². The van der Waals surface area contributed by atoms with E-state index in [1.54, 1.807) is 0 Å². The quantitative estimate of drug-likeness (QED) is 0.726. The van der Waals surface area contributed by atoms with Gasteiger partial charge < -0.3 is 14.4 Å². The number of ether oxygens (including phenoxy) is 2. The summed E-state index contributed by atoms with van der Waals surface area (Å²) in [5, 5.41) is 40.2. The lowest BCUT2D eigenvalue weighted by Gasteiger charge is -2.52. The SMILES string of the molecule is CN(C)c1ccc(C2OC34CCC(c5ccccc5)CC3C(C#N)(C(=N)O4)C2(C#N)C#N)cc1. The lowest BCUT2D eigenvalue weighted by Crippen LogP contribution is -2.60. The summed E-state index contributed by atoms with van der Waals surface area (Å²) in [6.45, 7) is 0. The predicted molar refractivity (Wildman–Crippen MR) is 124 cm³/mol. The van der Waals surface area contributed by atoms with Crippen molar-refractivity contribution in [3.8, 4) is 18.2 Å². The van der Waals surface area contributed by atoms with Crippen molar-refractivity contribution in [1.29, 1.82) is 21.2 Å². The first-order chi connectivity index (χ1) is 16.4. The Morgan fingerprint density at radius 2 is 1.62 bits per heavy atom. The summed E-state index contributed by atoms with van der Waals surface area (Å²) in [6.07, 6.45) is 0.707. The fraction of sp³-hybridized carbons (Fsp3) is 0.407. The van der Waals surface area contributed by atoms with Gasteiger partial charge in [-0.25, -0.2) is 0 Å². The molecule has 0 aromatic heterocycles. The second kappa shape index (κ2) is 7.59. The van der Waals surface area contributed by atoms with Crippen molar-refractivity contribution < 1.29 is 9.47 Å². The van der Waals surface area contributed by atoms with E-state index in [4.69, 9.17) is 14.9 Å². The van der Waals surface area contributed by atoms with Crippen molar-refractivity contribution in [2.45, 2.75) is 37.1 Å². The number of rotatable bonds is 3. The fourth-order valence-corrected chi connectivity index (χ4v) is 6.11. The van der Waals surface area contributed by atoms with E-state index >= 15 is 0 Å².